The summed E-state index contributed by atoms with van der Waals surface area (Å²) >= 11 is 1.59. The van der Waals surface area contributed by atoms with Gasteiger partial charge in [0, 0.05) is 29.7 Å². The molecule has 2 amide bonds. The predicted molar refractivity (Wildman–Crippen MR) is 103 cm³/mol. The molecule has 138 valence electrons. The largest absolute Gasteiger partial charge is 0.351 e. The molecule has 1 unspecified atom stereocenters. The van der Waals surface area contributed by atoms with Crippen LogP contribution in [0.5, 0.6) is 0 Å². The third-order valence-corrected chi connectivity index (χ3v) is 5.57. The van der Waals surface area contributed by atoms with Crippen molar-refractivity contribution in [1.82, 2.24) is 15.2 Å². The monoisotopic (exact) mass is 371 g/mol. The van der Waals surface area contributed by atoms with Crippen LogP contribution < -0.4 is 5.32 Å². The van der Waals surface area contributed by atoms with Crippen LogP contribution in [-0.2, 0) is 11.3 Å². The van der Waals surface area contributed by atoms with Crippen molar-refractivity contribution in [1.29, 1.82) is 0 Å². The van der Waals surface area contributed by atoms with E-state index >= 15 is 0 Å². The summed E-state index contributed by atoms with van der Waals surface area (Å²) in [7, 11) is 0. The molecular weight excluding hydrogens is 346 g/mol. The Labute approximate surface area is 158 Å². The number of benzene rings is 1. The number of rotatable bonds is 4. The molecule has 0 saturated carbocycles. The topological polar surface area (TPSA) is 62.3 Å². The minimum absolute atomic E-state index is 0.0207. The molecule has 1 aliphatic rings. The minimum Gasteiger partial charge on any atom is -0.351 e. The van der Waals surface area contributed by atoms with Gasteiger partial charge < -0.3 is 10.2 Å². The van der Waals surface area contributed by atoms with Crippen LogP contribution in [0, 0.1) is 26.7 Å². The fraction of sp³-hybridized carbons (Fsp3) is 0.450. The Morgan fingerprint density at radius 2 is 1.96 bits per heavy atom. The van der Waals surface area contributed by atoms with Gasteiger partial charge in [0.25, 0.3) is 5.91 Å². The van der Waals surface area contributed by atoms with E-state index in [9.17, 15) is 9.59 Å². The van der Waals surface area contributed by atoms with Gasteiger partial charge in [0.15, 0.2) is 0 Å². The van der Waals surface area contributed by atoms with Crippen molar-refractivity contribution in [2.24, 2.45) is 5.92 Å². The highest BCUT2D eigenvalue weighted by atomic mass is 32.1. The molecule has 2 aromatic rings. The van der Waals surface area contributed by atoms with Crippen molar-refractivity contribution in [2.75, 3.05) is 13.1 Å². The number of thiazole rings is 1. The van der Waals surface area contributed by atoms with Crippen molar-refractivity contribution in [3.63, 3.8) is 0 Å². The summed E-state index contributed by atoms with van der Waals surface area (Å²) in [4.78, 5) is 32.4. The molecule has 3 rings (SSSR count). The molecule has 0 spiro atoms. The lowest BCUT2D eigenvalue weighted by Gasteiger charge is -2.32. The molecule has 0 radical (unpaired) electrons. The SMILES string of the molecule is Cc1cc(C)cc(C(=O)N2CCCC(C(=O)NCc3cnc(C)s3)C2)c1. The van der Waals surface area contributed by atoms with Crippen LogP contribution >= 0.6 is 11.3 Å². The van der Waals surface area contributed by atoms with Gasteiger partial charge in [-0.25, -0.2) is 4.98 Å². The molecule has 26 heavy (non-hydrogen) atoms. The van der Waals surface area contributed by atoms with Crippen molar-refractivity contribution in [2.45, 2.75) is 40.2 Å². The number of amides is 2. The molecule has 1 aromatic heterocycles. The zero-order valence-corrected chi connectivity index (χ0v) is 16.4. The van der Waals surface area contributed by atoms with E-state index in [0.717, 1.165) is 33.9 Å². The Balaban J connectivity index is 1.61. The van der Waals surface area contributed by atoms with Gasteiger partial charge in [0.2, 0.25) is 5.91 Å². The van der Waals surface area contributed by atoms with Crippen molar-refractivity contribution >= 4 is 23.2 Å². The lowest BCUT2D eigenvalue weighted by molar-refractivity contribution is -0.126. The van der Waals surface area contributed by atoms with Crippen LogP contribution in [0.4, 0.5) is 0 Å². The van der Waals surface area contributed by atoms with E-state index in [2.05, 4.69) is 16.4 Å². The van der Waals surface area contributed by atoms with Gasteiger partial charge in [-0.3, -0.25) is 9.59 Å². The van der Waals surface area contributed by atoms with E-state index in [-0.39, 0.29) is 17.7 Å². The lowest BCUT2D eigenvalue weighted by atomic mass is 9.96. The normalized spacial score (nSPS) is 17.2. The van der Waals surface area contributed by atoms with Crippen LogP contribution in [0.2, 0.25) is 0 Å². The van der Waals surface area contributed by atoms with Gasteiger partial charge in [-0.15, -0.1) is 11.3 Å². The van der Waals surface area contributed by atoms with E-state index in [1.807, 2.05) is 37.8 Å². The number of likely N-dealkylation sites (tertiary alicyclic amines) is 1. The van der Waals surface area contributed by atoms with Crippen LogP contribution in [-0.4, -0.2) is 34.8 Å². The Morgan fingerprint density at radius 3 is 2.62 bits per heavy atom. The van der Waals surface area contributed by atoms with E-state index in [4.69, 9.17) is 0 Å². The molecule has 0 bridgehead atoms. The number of aryl methyl sites for hydroxylation is 3. The zero-order chi connectivity index (χ0) is 18.7. The maximum absolute atomic E-state index is 12.8. The maximum atomic E-state index is 12.8. The van der Waals surface area contributed by atoms with E-state index in [1.165, 1.54) is 0 Å². The van der Waals surface area contributed by atoms with Gasteiger partial charge in [0.1, 0.15) is 0 Å². The van der Waals surface area contributed by atoms with Crippen molar-refractivity contribution in [3.05, 3.63) is 51.0 Å². The van der Waals surface area contributed by atoms with Gasteiger partial charge in [-0.05, 0) is 45.7 Å². The van der Waals surface area contributed by atoms with Crippen LogP contribution in [0.3, 0.4) is 0 Å². The molecule has 6 heteroatoms. The average Bonchev–Trinajstić information content (AvgIpc) is 3.03. The summed E-state index contributed by atoms with van der Waals surface area (Å²) in [5.41, 5.74) is 2.88. The maximum Gasteiger partial charge on any atom is 0.253 e. The van der Waals surface area contributed by atoms with E-state index in [0.29, 0.717) is 25.2 Å². The Kier molecular flexibility index (Phi) is 5.71. The van der Waals surface area contributed by atoms with Crippen LogP contribution in [0.15, 0.2) is 24.4 Å². The van der Waals surface area contributed by atoms with E-state index < -0.39 is 0 Å². The fourth-order valence-corrected chi connectivity index (χ4v) is 4.20. The number of nitrogens with one attached hydrogen (secondary N) is 1. The highest BCUT2D eigenvalue weighted by molar-refractivity contribution is 7.11. The second kappa shape index (κ2) is 7.99. The standard InChI is InChI=1S/C20H25N3O2S/c1-13-7-14(2)9-17(8-13)20(25)23-6-4-5-16(12-23)19(24)22-11-18-10-21-15(3)26-18/h7-10,16H,4-6,11-12H2,1-3H3,(H,22,24). The molecule has 1 saturated heterocycles. The number of hydrogen-bond donors (Lipinski definition) is 1. The highest BCUT2D eigenvalue weighted by Crippen LogP contribution is 2.20. The Hall–Kier alpha value is -2.21. The lowest BCUT2D eigenvalue weighted by Crippen LogP contribution is -2.45. The average molecular weight is 372 g/mol. The first-order valence-electron chi connectivity index (χ1n) is 8.99. The second-order valence-corrected chi connectivity index (χ2v) is 8.35. The van der Waals surface area contributed by atoms with Gasteiger partial charge in [-0.1, -0.05) is 17.2 Å². The molecule has 1 aromatic carbocycles. The predicted octanol–water partition coefficient (Wildman–Crippen LogP) is 3.24. The number of carbonyl (C=O) groups is 2. The second-order valence-electron chi connectivity index (χ2n) is 7.03. The van der Waals surface area contributed by atoms with Gasteiger partial charge in [0.05, 0.1) is 17.5 Å². The molecule has 5 nitrogen and oxygen atoms in total. The smallest absolute Gasteiger partial charge is 0.253 e. The first-order valence-corrected chi connectivity index (χ1v) is 9.80. The van der Waals surface area contributed by atoms with Crippen LogP contribution in [0.1, 0.15) is 44.2 Å². The molecule has 1 atom stereocenters. The first kappa shape index (κ1) is 18.6. The van der Waals surface area contributed by atoms with Crippen molar-refractivity contribution in [3.8, 4) is 0 Å². The van der Waals surface area contributed by atoms with E-state index in [1.54, 1.807) is 17.5 Å². The summed E-state index contributed by atoms with van der Waals surface area (Å²) in [6.07, 6.45) is 3.48. The molecule has 1 aliphatic heterocycles. The summed E-state index contributed by atoms with van der Waals surface area (Å²) in [5.74, 6) is -0.103. The van der Waals surface area contributed by atoms with Crippen LogP contribution in [0.25, 0.3) is 0 Å². The molecule has 1 N–H and O–H groups in total. The zero-order valence-electron chi connectivity index (χ0n) is 15.5. The number of carbonyl (C=O) groups excluding carboxylic acids is 2. The third kappa shape index (κ3) is 4.49. The molecule has 0 aliphatic carbocycles. The molecule has 1 fully saturated rings. The number of hydrogen-bond acceptors (Lipinski definition) is 4. The summed E-state index contributed by atoms with van der Waals surface area (Å²) in [6, 6.07) is 5.90. The molecular formula is C20H25N3O2S. The summed E-state index contributed by atoms with van der Waals surface area (Å²) in [6.45, 7) is 7.65. The summed E-state index contributed by atoms with van der Waals surface area (Å²) < 4.78 is 0. The molecule has 2 heterocycles. The first-order chi connectivity index (χ1) is 12.4. The number of nitrogens with zero attached hydrogens (tertiary/aromatic N) is 2. The van der Waals surface area contributed by atoms with Crippen molar-refractivity contribution < 1.29 is 9.59 Å². The number of aromatic nitrogens is 1. The third-order valence-electron chi connectivity index (χ3n) is 4.65. The number of piperidine rings is 1. The Morgan fingerprint density at radius 1 is 1.23 bits per heavy atom. The van der Waals surface area contributed by atoms with Gasteiger partial charge in [-0.2, -0.15) is 0 Å². The minimum atomic E-state index is -0.146. The Bertz CT molecular complexity index is 795. The quantitative estimate of drug-likeness (QED) is 0.897. The van der Waals surface area contributed by atoms with Gasteiger partial charge >= 0.3 is 0 Å². The summed E-state index contributed by atoms with van der Waals surface area (Å²) in [5, 5.41) is 3.99. The highest BCUT2D eigenvalue weighted by Gasteiger charge is 2.29. The fourth-order valence-electron chi connectivity index (χ4n) is 3.46.